The Kier molecular flexibility index (Phi) is 12.2. The van der Waals surface area contributed by atoms with Crippen LogP contribution < -0.4 is 9.64 Å². The van der Waals surface area contributed by atoms with Crippen molar-refractivity contribution in [3.05, 3.63) is 299 Å². The highest BCUT2D eigenvalue weighted by Gasteiger charge is 2.46. The van der Waals surface area contributed by atoms with Crippen molar-refractivity contribution in [3.8, 4) is 39.1 Å². The van der Waals surface area contributed by atoms with E-state index in [1.165, 1.54) is 90.7 Å². The minimum Gasteiger partial charge on any atom is -0.489 e. The molecule has 2 nitrogen and oxygen atoms in total. The highest BCUT2D eigenvalue weighted by molar-refractivity contribution is 5.90. The van der Waals surface area contributed by atoms with Crippen LogP contribution in [-0.2, 0) is 24.9 Å². The molecule has 0 bridgehead atoms. The van der Waals surface area contributed by atoms with E-state index >= 15 is 0 Å². The van der Waals surface area contributed by atoms with Crippen LogP contribution >= 0.6 is 0 Å². The first-order valence-electron chi connectivity index (χ1n) is 25.9. The van der Waals surface area contributed by atoms with Gasteiger partial charge < -0.3 is 9.64 Å². The molecule has 10 aromatic rings. The van der Waals surface area contributed by atoms with Gasteiger partial charge in [-0.25, -0.2) is 0 Å². The molecule has 350 valence electrons. The van der Waals surface area contributed by atoms with Gasteiger partial charge in [-0.2, -0.15) is 0 Å². The largest absolute Gasteiger partial charge is 0.489 e. The van der Waals surface area contributed by atoms with Gasteiger partial charge in [-0.15, -0.1) is 0 Å². The molecule has 0 saturated carbocycles. The van der Waals surface area contributed by atoms with E-state index in [1.807, 2.05) is 0 Å². The maximum atomic E-state index is 6.57. The monoisotopic (exact) mass is 929 g/mol. The van der Waals surface area contributed by atoms with Crippen LogP contribution in [0.1, 0.15) is 88.6 Å². The SMILES string of the molecule is CCC(CC(C)c1ccc(COc2ccc(C3(c4ccccc4)c4ccccc4-c4ccc(N(c5ccc(-c6ccccc6)cc5)c5ccc(-c6ccccc6)cc5)cc43)cc2)cc1)c1ccc2c(c1)CC2. The van der Waals surface area contributed by atoms with Crippen molar-refractivity contribution >= 4 is 17.1 Å². The standard InChI is InChI=1S/C70H59NO/c1-3-51(58-29-27-57-28-30-59(57)46-58)45-49(2)52-25-23-50(24-26-52)48-72-65-42-35-61(36-43-65)70(60-19-11-6-12-20-60)68-22-14-13-21-66(68)67-44-41-64(47-69(67)70)71(62-37-31-55(32-38-62)53-15-7-4-8-16-53)63-39-33-56(34-40-63)54-17-9-5-10-18-54/h4-27,29,31-44,46-47,49,51H,3,28,30,45,48H2,1-2H3. The van der Waals surface area contributed by atoms with Crippen LogP contribution in [0.5, 0.6) is 5.75 Å². The Hall–Kier alpha value is -8.20. The normalized spacial score (nSPS) is 15.1. The lowest BCUT2D eigenvalue weighted by molar-refractivity contribution is 0.306. The molecule has 2 heteroatoms. The summed E-state index contributed by atoms with van der Waals surface area (Å²) in [5.41, 5.74) is 22.1. The van der Waals surface area contributed by atoms with Crippen molar-refractivity contribution in [2.45, 2.75) is 63.4 Å². The van der Waals surface area contributed by atoms with Gasteiger partial charge in [-0.3, -0.25) is 0 Å². The minimum absolute atomic E-state index is 0.475. The second-order valence-electron chi connectivity index (χ2n) is 19.9. The molecule has 0 N–H and O–H groups in total. The number of anilines is 3. The molecule has 2 aliphatic carbocycles. The Morgan fingerprint density at radius 3 is 1.57 bits per heavy atom. The third kappa shape index (κ3) is 8.41. The molecule has 0 heterocycles. The maximum absolute atomic E-state index is 6.57. The lowest BCUT2D eigenvalue weighted by Gasteiger charge is -2.35. The van der Waals surface area contributed by atoms with E-state index in [1.54, 1.807) is 5.56 Å². The minimum atomic E-state index is -0.591. The zero-order valence-electron chi connectivity index (χ0n) is 41.2. The van der Waals surface area contributed by atoms with E-state index < -0.39 is 5.41 Å². The molecule has 2 aliphatic rings. The predicted octanol–water partition coefficient (Wildman–Crippen LogP) is 18.2. The van der Waals surface area contributed by atoms with Gasteiger partial charge in [-0.05, 0) is 170 Å². The first kappa shape index (κ1) is 45.0. The molecule has 0 aliphatic heterocycles. The first-order valence-corrected chi connectivity index (χ1v) is 25.9. The molecule has 0 fully saturated rings. The summed E-state index contributed by atoms with van der Waals surface area (Å²) in [6, 6.07) is 91.6. The predicted molar refractivity (Wildman–Crippen MR) is 300 cm³/mol. The summed E-state index contributed by atoms with van der Waals surface area (Å²) in [5, 5.41) is 0. The van der Waals surface area contributed by atoms with E-state index in [0.29, 0.717) is 18.4 Å². The number of aryl methyl sites for hydroxylation is 2. The Morgan fingerprint density at radius 1 is 0.444 bits per heavy atom. The number of nitrogens with zero attached hydrogens (tertiary/aromatic N) is 1. The van der Waals surface area contributed by atoms with Gasteiger partial charge >= 0.3 is 0 Å². The molecule has 0 radical (unpaired) electrons. The average Bonchev–Trinajstić information content (AvgIpc) is 3.74. The van der Waals surface area contributed by atoms with Crippen LogP contribution in [0.2, 0.25) is 0 Å². The number of fused-ring (bicyclic) bond motifs is 4. The Bertz CT molecular complexity index is 3370. The molecule has 0 spiro atoms. The highest BCUT2D eigenvalue weighted by atomic mass is 16.5. The Morgan fingerprint density at radius 2 is 0.972 bits per heavy atom. The van der Waals surface area contributed by atoms with Gasteiger partial charge in [-0.1, -0.05) is 214 Å². The summed E-state index contributed by atoms with van der Waals surface area (Å²) in [7, 11) is 0. The van der Waals surface area contributed by atoms with Crippen LogP contribution in [0.25, 0.3) is 33.4 Å². The maximum Gasteiger partial charge on any atom is 0.119 e. The summed E-state index contributed by atoms with van der Waals surface area (Å²) >= 11 is 0. The van der Waals surface area contributed by atoms with Crippen molar-refractivity contribution in [1.82, 2.24) is 0 Å². The zero-order chi connectivity index (χ0) is 48.4. The van der Waals surface area contributed by atoms with Crippen LogP contribution in [0.4, 0.5) is 17.1 Å². The summed E-state index contributed by atoms with van der Waals surface area (Å²) in [6.07, 6.45) is 4.79. The zero-order valence-corrected chi connectivity index (χ0v) is 41.2. The van der Waals surface area contributed by atoms with Gasteiger partial charge in [0, 0.05) is 17.1 Å². The molecule has 3 unspecified atom stereocenters. The summed E-state index contributed by atoms with van der Waals surface area (Å²) in [4.78, 5) is 2.41. The van der Waals surface area contributed by atoms with E-state index in [9.17, 15) is 0 Å². The fourth-order valence-electron chi connectivity index (χ4n) is 11.7. The third-order valence-electron chi connectivity index (χ3n) is 15.7. The average molecular weight is 930 g/mol. The summed E-state index contributed by atoms with van der Waals surface area (Å²) in [5.74, 6) is 1.91. The van der Waals surface area contributed by atoms with E-state index in [4.69, 9.17) is 4.74 Å². The fourth-order valence-corrected chi connectivity index (χ4v) is 11.7. The van der Waals surface area contributed by atoms with Crippen molar-refractivity contribution in [2.24, 2.45) is 0 Å². The second kappa shape index (κ2) is 19.5. The number of ether oxygens (including phenoxy) is 1. The van der Waals surface area contributed by atoms with E-state index in [0.717, 1.165) is 35.7 Å². The second-order valence-corrected chi connectivity index (χ2v) is 19.9. The molecule has 0 aromatic heterocycles. The van der Waals surface area contributed by atoms with Gasteiger partial charge in [0.1, 0.15) is 12.4 Å². The molecule has 3 atom stereocenters. The molecular formula is C70H59NO. The van der Waals surface area contributed by atoms with Gasteiger partial charge in [0.25, 0.3) is 0 Å². The molecule has 0 saturated heterocycles. The van der Waals surface area contributed by atoms with Gasteiger partial charge in [0.2, 0.25) is 0 Å². The quantitative estimate of drug-likeness (QED) is 0.102. The third-order valence-corrected chi connectivity index (χ3v) is 15.7. The fraction of sp³-hybridized carbons (Fsp3) is 0.143. The molecule has 12 rings (SSSR count). The smallest absolute Gasteiger partial charge is 0.119 e. The first-order chi connectivity index (χ1) is 35.5. The van der Waals surface area contributed by atoms with Crippen molar-refractivity contribution in [2.75, 3.05) is 4.90 Å². The van der Waals surface area contributed by atoms with Crippen molar-refractivity contribution < 1.29 is 4.74 Å². The van der Waals surface area contributed by atoms with Crippen LogP contribution in [0, 0.1) is 0 Å². The number of benzene rings is 10. The molecule has 0 amide bonds. The number of rotatable bonds is 15. The molecule has 10 aromatic carbocycles. The summed E-state index contributed by atoms with van der Waals surface area (Å²) in [6.45, 7) is 5.22. The number of hydrogen-bond acceptors (Lipinski definition) is 2. The van der Waals surface area contributed by atoms with E-state index in [2.05, 4.69) is 267 Å². The van der Waals surface area contributed by atoms with Crippen LogP contribution in [0.3, 0.4) is 0 Å². The Balaban J connectivity index is 0.870. The van der Waals surface area contributed by atoms with Crippen molar-refractivity contribution in [1.29, 1.82) is 0 Å². The van der Waals surface area contributed by atoms with Gasteiger partial charge in [0.15, 0.2) is 0 Å². The Labute approximate surface area is 425 Å². The lowest BCUT2D eigenvalue weighted by Crippen LogP contribution is -2.28. The summed E-state index contributed by atoms with van der Waals surface area (Å²) < 4.78 is 6.57. The topological polar surface area (TPSA) is 12.5 Å². The number of hydrogen-bond donors (Lipinski definition) is 0. The van der Waals surface area contributed by atoms with Crippen LogP contribution in [0.15, 0.2) is 249 Å². The van der Waals surface area contributed by atoms with Crippen LogP contribution in [-0.4, -0.2) is 0 Å². The lowest BCUT2D eigenvalue weighted by atomic mass is 9.67. The van der Waals surface area contributed by atoms with Crippen molar-refractivity contribution in [3.63, 3.8) is 0 Å². The highest BCUT2D eigenvalue weighted by Crippen LogP contribution is 2.57. The van der Waals surface area contributed by atoms with Gasteiger partial charge in [0.05, 0.1) is 5.41 Å². The molecular weight excluding hydrogens is 871 g/mol. The van der Waals surface area contributed by atoms with E-state index in [-0.39, 0.29) is 0 Å². The molecule has 72 heavy (non-hydrogen) atoms.